The van der Waals surface area contributed by atoms with E-state index in [0.29, 0.717) is 26.1 Å². The van der Waals surface area contributed by atoms with Crippen molar-refractivity contribution in [3.8, 4) is 0 Å². The summed E-state index contributed by atoms with van der Waals surface area (Å²) in [5.41, 5.74) is 0. The highest BCUT2D eigenvalue weighted by Gasteiger charge is 2.07. The molecule has 1 unspecified atom stereocenters. The Labute approximate surface area is 97.3 Å². The van der Waals surface area contributed by atoms with Crippen molar-refractivity contribution in [2.75, 3.05) is 20.3 Å². The van der Waals surface area contributed by atoms with Gasteiger partial charge in [-0.3, -0.25) is 4.79 Å². The summed E-state index contributed by atoms with van der Waals surface area (Å²) in [5, 5.41) is 0. The first-order valence-corrected chi connectivity index (χ1v) is 5.70. The number of methoxy groups -OCH3 is 1. The van der Waals surface area contributed by atoms with E-state index in [2.05, 4.69) is 0 Å². The maximum atomic E-state index is 11.2. The second kappa shape index (κ2) is 9.33. The molecule has 0 heterocycles. The van der Waals surface area contributed by atoms with Gasteiger partial charge in [0.1, 0.15) is 5.78 Å². The fourth-order valence-electron chi connectivity index (χ4n) is 1.28. The van der Waals surface area contributed by atoms with E-state index >= 15 is 0 Å². The van der Waals surface area contributed by atoms with Gasteiger partial charge in [-0.05, 0) is 19.8 Å². The van der Waals surface area contributed by atoms with Crippen LogP contribution in [0, 0.1) is 5.92 Å². The van der Waals surface area contributed by atoms with Crippen LogP contribution in [-0.4, -0.2) is 32.1 Å². The van der Waals surface area contributed by atoms with Crippen molar-refractivity contribution >= 4 is 11.8 Å². The molecule has 0 N–H and O–H groups in total. The lowest BCUT2D eigenvalue weighted by Crippen LogP contribution is -2.15. The summed E-state index contributed by atoms with van der Waals surface area (Å²) in [6, 6.07) is 0. The van der Waals surface area contributed by atoms with E-state index in [1.807, 2.05) is 6.92 Å². The number of carbonyl (C=O) groups excluding carboxylic acids is 2. The average molecular weight is 230 g/mol. The SMILES string of the molecule is COCC(C)COC(=O)CCCCC(C)=O. The van der Waals surface area contributed by atoms with Crippen molar-refractivity contribution in [2.45, 2.75) is 39.5 Å². The van der Waals surface area contributed by atoms with Gasteiger partial charge in [-0.15, -0.1) is 0 Å². The Balaban J connectivity index is 3.41. The Bertz CT molecular complexity index is 213. The van der Waals surface area contributed by atoms with E-state index in [1.165, 1.54) is 0 Å². The molecule has 1 atom stereocenters. The third kappa shape index (κ3) is 9.65. The molecule has 0 amide bonds. The Morgan fingerprint density at radius 2 is 1.75 bits per heavy atom. The van der Waals surface area contributed by atoms with Crippen LogP contribution >= 0.6 is 0 Å². The number of hydrogen-bond donors (Lipinski definition) is 0. The molecule has 94 valence electrons. The number of carbonyl (C=O) groups is 2. The summed E-state index contributed by atoms with van der Waals surface area (Å²) in [4.78, 5) is 21.9. The molecule has 0 aromatic rings. The fraction of sp³-hybridized carbons (Fsp3) is 0.833. The number of ketones is 1. The highest BCUT2D eigenvalue weighted by Crippen LogP contribution is 2.03. The van der Waals surface area contributed by atoms with E-state index < -0.39 is 0 Å². The van der Waals surface area contributed by atoms with Crippen molar-refractivity contribution < 1.29 is 19.1 Å². The second-order valence-electron chi connectivity index (χ2n) is 4.15. The Kier molecular flexibility index (Phi) is 8.81. The molecule has 0 saturated heterocycles. The second-order valence-corrected chi connectivity index (χ2v) is 4.15. The summed E-state index contributed by atoms with van der Waals surface area (Å²) < 4.78 is 9.99. The van der Waals surface area contributed by atoms with Crippen molar-refractivity contribution in [3.05, 3.63) is 0 Å². The summed E-state index contributed by atoms with van der Waals surface area (Å²) in [7, 11) is 1.63. The molecule has 0 aliphatic heterocycles. The molecule has 0 aliphatic carbocycles. The summed E-state index contributed by atoms with van der Waals surface area (Å²) in [6.45, 7) is 4.52. The smallest absolute Gasteiger partial charge is 0.305 e. The van der Waals surface area contributed by atoms with E-state index in [-0.39, 0.29) is 17.7 Å². The van der Waals surface area contributed by atoms with Crippen LogP contribution in [0.15, 0.2) is 0 Å². The normalized spacial score (nSPS) is 12.2. The van der Waals surface area contributed by atoms with Gasteiger partial charge in [0.05, 0.1) is 13.2 Å². The minimum absolute atomic E-state index is 0.169. The molecule has 0 spiro atoms. The quantitative estimate of drug-likeness (QED) is 0.449. The molecule has 0 fully saturated rings. The number of ether oxygens (including phenoxy) is 2. The highest BCUT2D eigenvalue weighted by atomic mass is 16.5. The molecule has 4 nitrogen and oxygen atoms in total. The largest absolute Gasteiger partial charge is 0.465 e. The van der Waals surface area contributed by atoms with Crippen molar-refractivity contribution in [1.82, 2.24) is 0 Å². The van der Waals surface area contributed by atoms with Crippen molar-refractivity contribution in [1.29, 1.82) is 0 Å². The molecular formula is C12H22O4. The maximum absolute atomic E-state index is 11.2. The number of rotatable bonds is 9. The highest BCUT2D eigenvalue weighted by molar-refractivity contribution is 5.75. The zero-order chi connectivity index (χ0) is 12.4. The predicted molar refractivity (Wildman–Crippen MR) is 61.1 cm³/mol. The molecule has 0 radical (unpaired) electrons. The molecule has 4 heteroatoms. The topological polar surface area (TPSA) is 52.6 Å². The van der Waals surface area contributed by atoms with Gasteiger partial charge in [0.15, 0.2) is 0 Å². The molecule has 0 rings (SSSR count). The summed E-state index contributed by atoms with van der Waals surface area (Å²) >= 11 is 0. The van der Waals surface area contributed by atoms with Crippen LogP contribution in [0.3, 0.4) is 0 Å². The van der Waals surface area contributed by atoms with Gasteiger partial charge < -0.3 is 14.3 Å². The summed E-state index contributed by atoms with van der Waals surface area (Å²) in [6.07, 6.45) is 2.43. The minimum atomic E-state index is -0.188. The van der Waals surface area contributed by atoms with Crippen molar-refractivity contribution in [3.63, 3.8) is 0 Å². The molecule has 16 heavy (non-hydrogen) atoms. The van der Waals surface area contributed by atoms with Crippen LogP contribution < -0.4 is 0 Å². The van der Waals surface area contributed by atoms with Crippen LogP contribution in [0.4, 0.5) is 0 Å². The van der Waals surface area contributed by atoms with E-state index in [1.54, 1.807) is 14.0 Å². The predicted octanol–water partition coefficient (Wildman–Crippen LogP) is 1.96. The first-order chi connectivity index (χ1) is 7.56. The number of hydrogen-bond acceptors (Lipinski definition) is 4. The van der Waals surface area contributed by atoms with E-state index in [4.69, 9.17) is 9.47 Å². The third-order valence-electron chi connectivity index (χ3n) is 2.14. The Morgan fingerprint density at radius 1 is 1.12 bits per heavy atom. The lowest BCUT2D eigenvalue weighted by Gasteiger charge is -2.10. The molecule has 0 bridgehead atoms. The Morgan fingerprint density at radius 3 is 2.31 bits per heavy atom. The molecule has 0 aliphatic rings. The summed E-state index contributed by atoms with van der Waals surface area (Å²) in [5.74, 6) is 0.208. The van der Waals surface area contributed by atoms with Gasteiger partial charge in [-0.25, -0.2) is 0 Å². The lowest BCUT2D eigenvalue weighted by molar-refractivity contribution is -0.145. The van der Waals surface area contributed by atoms with Crippen molar-refractivity contribution in [2.24, 2.45) is 5.92 Å². The van der Waals surface area contributed by atoms with Gasteiger partial charge in [0.2, 0.25) is 0 Å². The van der Waals surface area contributed by atoms with Crippen LogP contribution in [0.5, 0.6) is 0 Å². The average Bonchev–Trinajstić information content (AvgIpc) is 2.22. The molecule has 0 saturated carbocycles. The van der Waals surface area contributed by atoms with E-state index in [9.17, 15) is 9.59 Å². The van der Waals surface area contributed by atoms with Crippen LogP contribution in [0.25, 0.3) is 0 Å². The maximum Gasteiger partial charge on any atom is 0.305 e. The standard InChI is InChI=1S/C12H22O4/c1-10(8-15-3)9-16-12(14)7-5-4-6-11(2)13/h10H,4-9H2,1-3H3. The van der Waals surface area contributed by atoms with Crippen LogP contribution in [-0.2, 0) is 19.1 Å². The monoisotopic (exact) mass is 230 g/mol. The Hall–Kier alpha value is -0.900. The third-order valence-corrected chi connectivity index (χ3v) is 2.14. The zero-order valence-corrected chi connectivity index (χ0v) is 10.5. The van der Waals surface area contributed by atoms with Crippen LogP contribution in [0.1, 0.15) is 39.5 Å². The van der Waals surface area contributed by atoms with Crippen LogP contribution in [0.2, 0.25) is 0 Å². The molecule has 0 aromatic carbocycles. The van der Waals surface area contributed by atoms with Gasteiger partial charge in [0.25, 0.3) is 0 Å². The van der Waals surface area contributed by atoms with Gasteiger partial charge in [0, 0.05) is 25.9 Å². The number of Topliss-reactive ketones (excluding diaryl/α,β-unsaturated/α-hetero) is 1. The fourth-order valence-corrected chi connectivity index (χ4v) is 1.28. The molecule has 0 aromatic heterocycles. The molecular weight excluding hydrogens is 208 g/mol. The van der Waals surface area contributed by atoms with Gasteiger partial charge in [-0.1, -0.05) is 6.92 Å². The number of unbranched alkanes of at least 4 members (excludes halogenated alkanes) is 1. The number of esters is 1. The minimum Gasteiger partial charge on any atom is -0.465 e. The zero-order valence-electron chi connectivity index (χ0n) is 10.5. The first-order valence-electron chi connectivity index (χ1n) is 5.70. The lowest BCUT2D eigenvalue weighted by atomic mass is 10.1. The van der Waals surface area contributed by atoms with Gasteiger partial charge >= 0.3 is 5.97 Å². The van der Waals surface area contributed by atoms with Gasteiger partial charge in [-0.2, -0.15) is 0 Å². The first kappa shape index (κ1) is 15.1. The van der Waals surface area contributed by atoms with E-state index in [0.717, 1.165) is 12.8 Å².